The van der Waals surface area contributed by atoms with E-state index in [4.69, 9.17) is 0 Å². The number of H-pyrrole nitrogens is 1. The maximum absolute atomic E-state index is 14.4. The van der Waals surface area contributed by atoms with E-state index in [1.165, 1.54) is 11.6 Å². The third kappa shape index (κ3) is 3.60. The molecule has 0 spiro atoms. The molecule has 0 bridgehead atoms. The second-order valence-electron chi connectivity index (χ2n) is 9.23. The van der Waals surface area contributed by atoms with Crippen molar-refractivity contribution in [2.75, 3.05) is 44.2 Å². The van der Waals surface area contributed by atoms with Crippen molar-refractivity contribution in [2.45, 2.75) is 25.8 Å². The Morgan fingerprint density at radius 1 is 0.939 bits per heavy atom. The van der Waals surface area contributed by atoms with Crippen molar-refractivity contribution in [1.82, 2.24) is 20.0 Å². The van der Waals surface area contributed by atoms with Gasteiger partial charge in [0.05, 0.1) is 16.9 Å². The van der Waals surface area contributed by atoms with E-state index < -0.39 is 0 Å². The zero-order chi connectivity index (χ0) is 22.4. The smallest absolute Gasteiger partial charge is 0.256 e. The second kappa shape index (κ2) is 8.30. The summed E-state index contributed by atoms with van der Waals surface area (Å²) in [5.41, 5.74) is 6.71. The summed E-state index contributed by atoms with van der Waals surface area (Å²) < 4.78 is 14.4. The Labute approximate surface area is 193 Å². The first kappa shape index (κ1) is 20.4. The molecule has 0 radical (unpaired) electrons. The Morgan fingerprint density at radius 3 is 2.73 bits per heavy atom. The Morgan fingerprint density at radius 2 is 1.82 bits per heavy atom. The van der Waals surface area contributed by atoms with Gasteiger partial charge in [-0.15, -0.1) is 0 Å². The molecule has 3 aliphatic heterocycles. The van der Waals surface area contributed by atoms with Gasteiger partial charge >= 0.3 is 0 Å². The number of carbonyl (C=O) groups is 1. The van der Waals surface area contributed by atoms with E-state index in [1.807, 2.05) is 23.1 Å². The van der Waals surface area contributed by atoms with Crippen LogP contribution in [0.1, 0.15) is 33.6 Å². The molecule has 3 aliphatic rings. The van der Waals surface area contributed by atoms with Gasteiger partial charge in [-0.1, -0.05) is 24.3 Å². The summed E-state index contributed by atoms with van der Waals surface area (Å²) in [5, 5.41) is 7.55. The number of nitrogens with one attached hydrogen (secondary N) is 1. The Balaban J connectivity index is 1.18. The molecule has 33 heavy (non-hydrogen) atoms. The number of anilines is 1. The predicted octanol–water partition coefficient (Wildman–Crippen LogP) is 3.48. The molecular formula is C26H28FN5O. The summed E-state index contributed by atoms with van der Waals surface area (Å²) in [4.78, 5) is 20.2. The maximum Gasteiger partial charge on any atom is 0.256 e. The minimum atomic E-state index is -0.251. The van der Waals surface area contributed by atoms with E-state index in [1.54, 1.807) is 12.1 Å². The first-order chi connectivity index (χ1) is 16.2. The summed E-state index contributed by atoms with van der Waals surface area (Å²) in [6.45, 7) is 5.77. The lowest BCUT2D eigenvalue weighted by Gasteiger charge is -2.31. The van der Waals surface area contributed by atoms with Gasteiger partial charge in [0.1, 0.15) is 5.82 Å². The van der Waals surface area contributed by atoms with Crippen LogP contribution in [-0.4, -0.2) is 65.2 Å². The van der Waals surface area contributed by atoms with Crippen LogP contribution in [-0.2, 0) is 19.4 Å². The minimum absolute atomic E-state index is 0.143. The van der Waals surface area contributed by atoms with Crippen molar-refractivity contribution in [3.05, 3.63) is 70.7 Å². The molecule has 2 aromatic carbocycles. The summed E-state index contributed by atoms with van der Waals surface area (Å²) in [6, 6.07) is 13.0. The summed E-state index contributed by atoms with van der Waals surface area (Å²) >= 11 is 0. The fraction of sp³-hybridized carbons (Fsp3) is 0.385. The third-order valence-electron chi connectivity index (χ3n) is 7.30. The molecule has 3 aromatic rings. The minimum Gasteiger partial charge on any atom is -0.369 e. The molecule has 6 nitrogen and oxygen atoms in total. The predicted molar refractivity (Wildman–Crippen MR) is 126 cm³/mol. The molecule has 0 aliphatic carbocycles. The lowest BCUT2D eigenvalue weighted by atomic mass is 9.97. The number of para-hydroxylation sites is 1. The van der Waals surface area contributed by atoms with Crippen LogP contribution < -0.4 is 4.90 Å². The van der Waals surface area contributed by atoms with Gasteiger partial charge in [-0.3, -0.25) is 14.8 Å². The average molecular weight is 446 g/mol. The molecule has 0 saturated heterocycles. The molecule has 0 unspecified atom stereocenters. The largest absolute Gasteiger partial charge is 0.369 e. The Kier molecular flexibility index (Phi) is 5.14. The number of fused-ring (bicyclic) bond motifs is 1. The van der Waals surface area contributed by atoms with Crippen molar-refractivity contribution in [3.8, 4) is 11.3 Å². The van der Waals surface area contributed by atoms with Crippen LogP contribution in [0, 0.1) is 5.82 Å². The van der Waals surface area contributed by atoms with Crippen LogP contribution in [0.3, 0.4) is 0 Å². The molecule has 4 heterocycles. The van der Waals surface area contributed by atoms with Gasteiger partial charge in [-0.2, -0.15) is 5.10 Å². The number of aryl methyl sites for hydroxylation is 1. The Bertz CT molecular complexity index is 1210. The number of aromatic amines is 1. The number of halogens is 1. The molecule has 6 rings (SSSR count). The molecule has 0 saturated carbocycles. The van der Waals surface area contributed by atoms with E-state index in [0.717, 1.165) is 74.5 Å². The standard InChI is InChI=1S/C26H28FN5O/c27-22-9-2-1-7-19(22)24-21-17-30(12-10-23(21)28-29-24)13-14-32-16-15-31-11-4-6-18-5-3-8-20(25(18)31)26(32)33/h1-3,5,7-9H,4,6,10-17H2,(H,28,29). The summed E-state index contributed by atoms with van der Waals surface area (Å²) in [6.07, 6.45) is 3.05. The highest BCUT2D eigenvalue weighted by Crippen LogP contribution is 2.34. The number of benzene rings is 2. The summed E-state index contributed by atoms with van der Waals surface area (Å²) in [7, 11) is 0. The molecule has 7 heteroatoms. The van der Waals surface area contributed by atoms with Gasteiger partial charge in [0.15, 0.2) is 0 Å². The number of rotatable bonds is 4. The van der Waals surface area contributed by atoms with Gasteiger partial charge in [0.2, 0.25) is 0 Å². The van der Waals surface area contributed by atoms with E-state index in [9.17, 15) is 9.18 Å². The lowest BCUT2D eigenvalue weighted by Crippen LogP contribution is -2.42. The quantitative estimate of drug-likeness (QED) is 0.668. The molecule has 0 fully saturated rings. The zero-order valence-corrected chi connectivity index (χ0v) is 18.7. The first-order valence-corrected chi connectivity index (χ1v) is 11.9. The molecule has 1 aromatic heterocycles. The van der Waals surface area contributed by atoms with Gasteiger partial charge in [0.25, 0.3) is 5.91 Å². The highest BCUT2D eigenvalue weighted by molar-refractivity contribution is 6.01. The number of nitrogens with zero attached hydrogens (tertiary/aromatic N) is 4. The highest BCUT2D eigenvalue weighted by atomic mass is 19.1. The highest BCUT2D eigenvalue weighted by Gasteiger charge is 2.30. The molecule has 0 atom stereocenters. The van der Waals surface area contributed by atoms with Crippen LogP contribution in [0.2, 0.25) is 0 Å². The third-order valence-corrected chi connectivity index (χ3v) is 7.30. The van der Waals surface area contributed by atoms with Crippen LogP contribution >= 0.6 is 0 Å². The normalized spacial score (nSPS) is 18.2. The van der Waals surface area contributed by atoms with E-state index in [0.29, 0.717) is 24.3 Å². The van der Waals surface area contributed by atoms with Crippen molar-refractivity contribution >= 4 is 11.6 Å². The SMILES string of the molecule is O=C1c2cccc3c2N(CCC3)CCN1CCN1CCc2[nH]nc(-c3ccccc3F)c2C1. The molecule has 1 amide bonds. The van der Waals surface area contributed by atoms with Gasteiger partial charge in [0, 0.05) is 69.1 Å². The fourth-order valence-corrected chi connectivity index (χ4v) is 5.54. The Hall–Kier alpha value is -3.19. The summed E-state index contributed by atoms with van der Waals surface area (Å²) in [5.74, 6) is -0.108. The van der Waals surface area contributed by atoms with Crippen LogP contribution in [0.15, 0.2) is 42.5 Å². The number of hydrogen-bond donors (Lipinski definition) is 1. The van der Waals surface area contributed by atoms with Crippen molar-refractivity contribution in [1.29, 1.82) is 0 Å². The van der Waals surface area contributed by atoms with Crippen LogP contribution in [0.5, 0.6) is 0 Å². The monoisotopic (exact) mass is 445 g/mol. The fourth-order valence-electron chi connectivity index (χ4n) is 5.54. The van der Waals surface area contributed by atoms with Gasteiger partial charge in [-0.05, 0) is 36.6 Å². The maximum atomic E-state index is 14.4. The van der Waals surface area contributed by atoms with Crippen molar-refractivity contribution in [3.63, 3.8) is 0 Å². The second-order valence-corrected chi connectivity index (χ2v) is 9.23. The first-order valence-electron chi connectivity index (χ1n) is 11.9. The van der Waals surface area contributed by atoms with Gasteiger partial charge in [-0.25, -0.2) is 4.39 Å². The topological polar surface area (TPSA) is 55.5 Å². The van der Waals surface area contributed by atoms with Crippen LogP contribution in [0.25, 0.3) is 11.3 Å². The van der Waals surface area contributed by atoms with E-state index in [2.05, 4.69) is 26.1 Å². The van der Waals surface area contributed by atoms with E-state index in [-0.39, 0.29) is 11.7 Å². The zero-order valence-electron chi connectivity index (χ0n) is 18.7. The number of aromatic nitrogens is 2. The molecule has 170 valence electrons. The number of hydrogen-bond acceptors (Lipinski definition) is 4. The average Bonchev–Trinajstić information content (AvgIpc) is 3.20. The van der Waals surface area contributed by atoms with Crippen molar-refractivity contribution in [2.24, 2.45) is 0 Å². The number of carbonyl (C=O) groups excluding carboxylic acids is 1. The molecular weight excluding hydrogens is 417 g/mol. The van der Waals surface area contributed by atoms with Crippen LogP contribution in [0.4, 0.5) is 10.1 Å². The lowest BCUT2D eigenvalue weighted by molar-refractivity contribution is 0.0743. The van der Waals surface area contributed by atoms with E-state index >= 15 is 0 Å². The van der Waals surface area contributed by atoms with Crippen molar-refractivity contribution < 1.29 is 9.18 Å². The van der Waals surface area contributed by atoms with Gasteiger partial charge < -0.3 is 9.80 Å². The molecule has 1 N–H and O–H groups in total. The number of amides is 1.